The summed E-state index contributed by atoms with van der Waals surface area (Å²) < 4.78 is 37.2. The van der Waals surface area contributed by atoms with Crippen molar-refractivity contribution in [2.24, 2.45) is 0 Å². The van der Waals surface area contributed by atoms with E-state index >= 15 is 0 Å². The van der Waals surface area contributed by atoms with Crippen molar-refractivity contribution in [2.75, 3.05) is 0 Å². The van der Waals surface area contributed by atoms with E-state index in [1.807, 2.05) is 0 Å². The van der Waals surface area contributed by atoms with Gasteiger partial charge in [0, 0.05) is 11.1 Å². The van der Waals surface area contributed by atoms with Crippen LogP contribution in [0, 0.1) is 0 Å². The minimum Gasteiger partial charge on any atom is -0.392 e. The molecule has 0 aliphatic heterocycles. The molecule has 0 amide bonds. The van der Waals surface area contributed by atoms with Gasteiger partial charge in [0.1, 0.15) is 5.03 Å². The van der Waals surface area contributed by atoms with Crippen LogP contribution >= 0.6 is 11.8 Å². The monoisotopic (exact) mass is 285 g/mol. The van der Waals surface area contributed by atoms with Gasteiger partial charge in [0.2, 0.25) is 0 Å². The van der Waals surface area contributed by atoms with E-state index in [1.165, 1.54) is 17.8 Å². The van der Waals surface area contributed by atoms with Crippen molar-refractivity contribution in [1.82, 2.24) is 4.98 Å². The van der Waals surface area contributed by atoms with Crippen LogP contribution in [-0.2, 0) is 12.8 Å². The van der Waals surface area contributed by atoms with E-state index in [2.05, 4.69) is 4.98 Å². The van der Waals surface area contributed by atoms with Gasteiger partial charge >= 0.3 is 6.18 Å². The van der Waals surface area contributed by atoms with E-state index in [4.69, 9.17) is 5.11 Å². The molecule has 0 fully saturated rings. The topological polar surface area (TPSA) is 33.1 Å². The first-order valence-corrected chi connectivity index (χ1v) is 6.22. The van der Waals surface area contributed by atoms with Crippen molar-refractivity contribution >= 4 is 11.8 Å². The number of rotatable bonds is 3. The molecule has 19 heavy (non-hydrogen) atoms. The highest BCUT2D eigenvalue weighted by Crippen LogP contribution is 2.32. The number of alkyl halides is 3. The lowest BCUT2D eigenvalue weighted by Crippen LogP contribution is -2.05. The molecule has 2 nitrogen and oxygen atoms in total. The summed E-state index contributed by atoms with van der Waals surface area (Å²) >= 11 is 1.22. The van der Waals surface area contributed by atoms with Crippen LogP contribution in [0.2, 0.25) is 0 Å². The standard InChI is InChI=1S/C13H10F3NOS/c14-13(15,16)10-5-6-12(17-7-10)19-11-4-2-1-3-9(11)8-18/h1-7,18H,8H2. The first-order valence-electron chi connectivity index (χ1n) is 5.40. The van der Waals surface area contributed by atoms with E-state index in [0.29, 0.717) is 10.6 Å². The molecule has 2 aromatic rings. The maximum Gasteiger partial charge on any atom is 0.417 e. The zero-order chi connectivity index (χ0) is 13.9. The van der Waals surface area contributed by atoms with Crippen LogP contribution in [0.15, 0.2) is 52.5 Å². The summed E-state index contributed by atoms with van der Waals surface area (Å²) in [4.78, 5) is 4.55. The molecule has 100 valence electrons. The molecule has 1 N–H and O–H groups in total. The molecule has 0 spiro atoms. The Morgan fingerprint density at radius 1 is 1.11 bits per heavy atom. The molecule has 0 unspecified atom stereocenters. The Morgan fingerprint density at radius 2 is 1.84 bits per heavy atom. The quantitative estimate of drug-likeness (QED) is 0.932. The Kier molecular flexibility index (Phi) is 4.11. The van der Waals surface area contributed by atoms with Crippen molar-refractivity contribution in [2.45, 2.75) is 22.7 Å². The minimum atomic E-state index is -4.38. The zero-order valence-corrected chi connectivity index (χ0v) is 10.5. The molecule has 1 aromatic heterocycles. The summed E-state index contributed by atoms with van der Waals surface area (Å²) in [7, 11) is 0. The van der Waals surface area contributed by atoms with Gasteiger partial charge in [0.05, 0.1) is 12.2 Å². The Labute approximate surface area is 112 Å². The second-order valence-electron chi connectivity index (χ2n) is 3.75. The van der Waals surface area contributed by atoms with Gasteiger partial charge < -0.3 is 5.11 Å². The van der Waals surface area contributed by atoms with Crippen molar-refractivity contribution < 1.29 is 18.3 Å². The lowest BCUT2D eigenvalue weighted by atomic mass is 10.2. The average Bonchev–Trinajstić information content (AvgIpc) is 2.39. The molecule has 0 saturated carbocycles. The third-order valence-corrected chi connectivity index (χ3v) is 3.49. The fraction of sp³-hybridized carbons (Fsp3) is 0.154. The van der Waals surface area contributed by atoms with Gasteiger partial charge in [-0.05, 0) is 23.8 Å². The summed E-state index contributed by atoms with van der Waals surface area (Å²) in [5.41, 5.74) is -0.0542. The van der Waals surface area contributed by atoms with Gasteiger partial charge in [-0.3, -0.25) is 0 Å². The van der Waals surface area contributed by atoms with Crippen molar-refractivity contribution in [3.05, 3.63) is 53.7 Å². The number of aromatic nitrogens is 1. The first kappa shape index (κ1) is 13.9. The molecule has 1 aromatic carbocycles. The molecule has 1 heterocycles. The van der Waals surface area contributed by atoms with Gasteiger partial charge in [0.25, 0.3) is 0 Å². The molecule has 0 radical (unpaired) electrons. The van der Waals surface area contributed by atoms with Crippen LogP contribution in [0.3, 0.4) is 0 Å². The van der Waals surface area contributed by atoms with Crippen LogP contribution in [0.5, 0.6) is 0 Å². The highest BCUT2D eigenvalue weighted by Gasteiger charge is 2.30. The van der Waals surface area contributed by atoms with E-state index in [-0.39, 0.29) is 6.61 Å². The SMILES string of the molecule is OCc1ccccc1Sc1ccc(C(F)(F)F)cn1. The predicted molar refractivity (Wildman–Crippen MR) is 65.7 cm³/mol. The Morgan fingerprint density at radius 3 is 2.42 bits per heavy atom. The second kappa shape index (κ2) is 5.63. The van der Waals surface area contributed by atoms with E-state index < -0.39 is 11.7 Å². The zero-order valence-electron chi connectivity index (χ0n) is 9.69. The van der Waals surface area contributed by atoms with Gasteiger partial charge in [-0.2, -0.15) is 13.2 Å². The Bertz CT molecular complexity index is 555. The fourth-order valence-corrected chi connectivity index (χ4v) is 2.33. The normalized spacial score (nSPS) is 11.6. The number of pyridine rings is 1. The predicted octanol–water partition coefficient (Wildman–Crippen LogP) is 3.74. The summed E-state index contributed by atoms with van der Waals surface area (Å²) in [5, 5.41) is 9.62. The number of aliphatic hydroxyl groups is 1. The van der Waals surface area contributed by atoms with Crippen molar-refractivity contribution in [1.29, 1.82) is 0 Å². The largest absolute Gasteiger partial charge is 0.417 e. The second-order valence-corrected chi connectivity index (χ2v) is 4.81. The lowest BCUT2D eigenvalue weighted by molar-refractivity contribution is -0.137. The van der Waals surface area contributed by atoms with Crippen LogP contribution in [-0.4, -0.2) is 10.1 Å². The number of nitrogens with zero attached hydrogens (tertiary/aromatic N) is 1. The highest BCUT2D eigenvalue weighted by molar-refractivity contribution is 7.99. The Hall–Kier alpha value is -1.53. The average molecular weight is 285 g/mol. The lowest BCUT2D eigenvalue weighted by Gasteiger charge is -2.08. The smallest absolute Gasteiger partial charge is 0.392 e. The van der Waals surface area contributed by atoms with E-state index in [9.17, 15) is 13.2 Å². The minimum absolute atomic E-state index is 0.121. The fourth-order valence-electron chi connectivity index (χ4n) is 1.46. The Balaban J connectivity index is 2.20. The third-order valence-electron chi connectivity index (χ3n) is 2.42. The van der Waals surface area contributed by atoms with E-state index in [1.54, 1.807) is 24.3 Å². The summed E-state index contributed by atoms with van der Waals surface area (Å²) in [6, 6.07) is 9.45. The van der Waals surface area contributed by atoms with E-state index in [0.717, 1.165) is 17.2 Å². The van der Waals surface area contributed by atoms with Crippen LogP contribution in [0.25, 0.3) is 0 Å². The number of halogens is 3. The van der Waals surface area contributed by atoms with Crippen LogP contribution < -0.4 is 0 Å². The van der Waals surface area contributed by atoms with Gasteiger partial charge in [-0.1, -0.05) is 30.0 Å². The molecular weight excluding hydrogens is 275 g/mol. The maximum atomic E-state index is 12.4. The summed E-state index contributed by atoms with van der Waals surface area (Å²) in [5.74, 6) is 0. The molecule has 0 atom stereocenters. The molecule has 0 aliphatic rings. The number of aliphatic hydroxyl groups excluding tert-OH is 1. The summed E-state index contributed by atoms with van der Waals surface area (Å²) in [6.45, 7) is -0.121. The molecule has 6 heteroatoms. The molecule has 2 rings (SSSR count). The first-order chi connectivity index (χ1) is 9.00. The van der Waals surface area contributed by atoms with Crippen LogP contribution in [0.1, 0.15) is 11.1 Å². The maximum absolute atomic E-state index is 12.4. The van der Waals surface area contributed by atoms with Crippen molar-refractivity contribution in [3.8, 4) is 0 Å². The molecular formula is C13H10F3NOS. The third kappa shape index (κ3) is 3.48. The number of benzene rings is 1. The van der Waals surface area contributed by atoms with Crippen molar-refractivity contribution in [3.63, 3.8) is 0 Å². The molecule has 0 bridgehead atoms. The van der Waals surface area contributed by atoms with Gasteiger partial charge in [-0.25, -0.2) is 4.98 Å². The number of hydrogen-bond acceptors (Lipinski definition) is 3. The molecule has 0 aliphatic carbocycles. The van der Waals surface area contributed by atoms with Crippen LogP contribution in [0.4, 0.5) is 13.2 Å². The summed E-state index contributed by atoms with van der Waals surface area (Å²) in [6.07, 6.45) is -3.57. The van der Waals surface area contributed by atoms with Gasteiger partial charge in [-0.15, -0.1) is 0 Å². The van der Waals surface area contributed by atoms with Gasteiger partial charge in [0.15, 0.2) is 0 Å². The highest BCUT2D eigenvalue weighted by atomic mass is 32.2. The molecule has 0 saturated heterocycles. The number of hydrogen-bond donors (Lipinski definition) is 1.